The molecule has 1 aromatic rings. The topological polar surface area (TPSA) is 41.1 Å². The number of nitrogens with one attached hydrogen (secondary N) is 1. The van der Waals surface area contributed by atoms with Gasteiger partial charge in [0.15, 0.2) is 0 Å². The molecule has 1 saturated carbocycles. The number of aromatic nitrogens is 2. The van der Waals surface area contributed by atoms with E-state index in [1.165, 1.54) is 38.6 Å². The highest BCUT2D eigenvalue weighted by molar-refractivity contribution is 7.15. The molecule has 17 heavy (non-hydrogen) atoms. The van der Waals surface area contributed by atoms with E-state index in [1.54, 1.807) is 11.3 Å². The zero-order valence-electron chi connectivity index (χ0n) is 10.4. The first kappa shape index (κ1) is 11.4. The Morgan fingerprint density at radius 3 is 3.00 bits per heavy atom. The molecule has 0 spiro atoms. The second-order valence-electron chi connectivity index (χ2n) is 5.12. The lowest BCUT2D eigenvalue weighted by Crippen LogP contribution is -2.41. The van der Waals surface area contributed by atoms with Crippen LogP contribution in [0.5, 0.6) is 0 Å². The van der Waals surface area contributed by atoms with Gasteiger partial charge >= 0.3 is 0 Å². The van der Waals surface area contributed by atoms with Gasteiger partial charge in [0.2, 0.25) is 5.13 Å². The molecule has 2 fully saturated rings. The summed E-state index contributed by atoms with van der Waals surface area (Å²) < 4.78 is 0. The molecule has 2 aliphatic rings. The van der Waals surface area contributed by atoms with E-state index >= 15 is 0 Å². The summed E-state index contributed by atoms with van der Waals surface area (Å²) in [7, 11) is 1.90. The molecule has 0 bridgehead atoms. The number of nitrogens with zero attached hydrogens (tertiary/aromatic N) is 3. The molecule has 1 aromatic heterocycles. The Kier molecular flexibility index (Phi) is 3.29. The van der Waals surface area contributed by atoms with Gasteiger partial charge in [0.05, 0.1) is 6.54 Å². The molecular weight excluding hydrogens is 232 g/mol. The monoisotopic (exact) mass is 252 g/mol. The molecule has 94 valence electrons. The number of hydrogen-bond acceptors (Lipinski definition) is 5. The molecule has 4 nitrogen and oxygen atoms in total. The molecule has 1 aliphatic carbocycles. The van der Waals surface area contributed by atoms with Crippen molar-refractivity contribution in [3.8, 4) is 0 Å². The summed E-state index contributed by atoms with van der Waals surface area (Å²) in [6, 6.07) is 0.825. The minimum absolute atomic E-state index is 0.825. The fourth-order valence-electron chi connectivity index (χ4n) is 3.35. The van der Waals surface area contributed by atoms with Gasteiger partial charge in [-0.15, -0.1) is 10.2 Å². The predicted molar refractivity (Wildman–Crippen MR) is 70.2 cm³/mol. The van der Waals surface area contributed by atoms with Crippen LogP contribution in [0.15, 0.2) is 0 Å². The quantitative estimate of drug-likeness (QED) is 0.896. The normalized spacial score (nSPS) is 29.2. The Bertz CT molecular complexity index is 378. The summed E-state index contributed by atoms with van der Waals surface area (Å²) in [6.45, 7) is 2.25. The van der Waals surface area contributed by atoms with E-state index in [9.17, 15) is 0 Å². The summed E-state index contributed by atoms with van der Waals surface area (Å²) in [5, 5.41) is 13.5. The van der Waals surface area contributed by atoms with E-state index in [-0.39, 0.29) is 0 Å². The van der Waals surface area contributed by atoms with Crippen molar-refractivity contribution in [2.24, 2.45) is 5.92 Å². The molecule has 1 aliphatic heterocycles. The lowest BCUT2D eigenvalue weighted by Gasteiger charge is -2.37. The Labute approximate surface area is 106 Å². The maximum Gasteiger partial charge on any atom is 0.205 e. The van der Waals surface area contributed by atoms with Gasteiger partial charge in [0.1, 0.15) is 5.01 Å². The molecule has 0 radical (unpaired) electrons. The Morgan fingerprint density at radius 1 is 1.29 bits per heavy atom. The fraction of sp³-hybridized carbons (Fsp3) is 0.833. The number of rotatable bonds is 3. The fourth-order valence-corrected chi connectivity index (χ4v) is 4.06. The average molecular weight is 252 g/mol. The van der Waals surface area contributed by atoms with Gasteiger partial charge in [-0.1, -0.05) is 17.8 Å². The number of likely N-dealkylation sites (tertiary alicyclic amines) is 1. The van der Waals surface area contributed by atoms with Crippen molar-refractivity contribution in [1.82, 2.24) is 15.1 Å². The van der Waals surface area contributed by atoms with Crippen LogP contribution in [0.4, 0.5) is 5.13 Å². The average Bonchev–Trinajstić information content (AvgIpc) is 2.97. The Morgan fingerprint density at radius 2 is 2.18 bits per heavy atom. The van der Waals surface area contributed by atoms with Crippen LogP contribution in [0, 0.1) is 5.92 Å². The van der Waals surface area contributed by atoms with Crippen LogP contribution >= 0.6 is 11.3 Å². The number of hydrogen-bond donors (Lipinski definition) is 1. The first-order valence-corrected chi connectivity index (χ1v) is 7.42. The van der Waals surface area contributed by atoms with Gasteiger partial charge < -0.3 is 5.32 Å². The van der Waals surface area contributed by atoms with Crippen molar-refractivity contribution in [3.05, 3.63) is 5.01 Å². The molecule has 3 rings (SSSR count). The summed E-state index contributed by atoms with van der Waals surface area (Å²) in [5.74, 6) is 0.959. The zero-order chi connectivity index (χ0) is 11.7. The molecule has 0 aromatic carbocycles. The van der Waals surface area contributed by atoms with Gasteiger partial charge in [0, 0.05) is 13.1 Å². The zero-order valence-corrected chi connectivity index (χ0v) is 11.2. The maximum absolute atomic E-state index is 4.26. The number of piperidine rings is 1. The highest BCUT2D eigenvalue weighted by Gasteiger charge is 2.35. The SMILES string of the molecule is CNc1nnc(CN2CCCC3CCCC32)s1. The van der Waals surface area contributed by atoms with Gasteiger partial charge in [0.25, 0.3) is 0 Å². The maximum atomic E-state index is 4.26. The number of anilines is 1. The minimum Gasteiger partial charge on any atom is -0.363 e. The molecular formula is C12H20N4S. The van der Waals surface area contributed by atoms with Crippen molar-refractivity contribution in [1.29, 1.82) is 0 Å². The van der Waals surface area contributed by atoms with Crippen LogP contribution in [0.2, 0.25) is 0 Å². The lowest BCUT2D eigenvalue weighted by molar-refractivity contribution is 0.105. The Hall–Kier alpha value is -0.680. The number of fused-ring (bicyclic) bond motifs is 1. The van der Waals surface area contributed by atoms with Crippen LogP contribution in [0.25, 0.3) is 0 Å². The molecule has 1 N–H and O–H groups in total. The van der Waals surface area contributed by atoms with Crippen LogP contribution in [-0.2, 0) is 6.54 Å². The third kappa shape index (κ3) is 2.31. The highest BCUT2D eigenvalue weighted by atomic mass is 32.1. The van der Waals surface area contributed by atoms with Crippen molar-refractivity contribution >= 4 is 16.5 Å². The van der Waals surface area contributed by atoms with E-state index in [1.807, 2.05) is 7.05 Å². The largest absolute Gasteiger partial charge is 0.363 e. The first-order chi connectivity index (χ1) is 8.36. The van der Waals surface area contributed by atoms with E-state index in [0.29, 0.717) is 0 Å². The summed E-state index contributed by atoms with van der Waals surface area (Å²) in [6.07, 6.45) is 7.06. The van der Waals surface area contributed by atoms with Crippen molar-refractivity contribution in [2.45, 2.75) is 44.7 Å². The minimum atomic E-state index is 0.825. The molecule has 0 amide bonds. The van der Waals surface area contributed by atoms with Crippen molar-refractivity contribution in [3.63, 3.8) is 0 Å². The molecule has 1 saturated heterocycles. The van der Waals surface area contributed by atoms with Gasteiger partial charge in [-0.25, -0.2) is 0 Å². The predicted octanol–water partition coefficient (Wildman–Crippen LogP) is 2.34. The van der Waals surface area contributed by atoms with E-state index < -0.39 is 0 Å². The van der Waals surface area contributed by atoms with Gasteiger partial charge in [-0.2, -0.15) is 0 Å². The van der Waals surface area contributed by atoms with Crippen molar-refractivity contribution in [2.75, 3.05) is 18.9 Å². The lowest BCUT2D eigenvalue weighted by atomic mass is 9.92. The molecule has 5 heteroatoms. The third-order valence-electron chi connectivity index (χ3n) is 4.13. The molecule has 2 atom stereocenters. The van der Waals surface area contributed by atoms with Crippen LogP contribution < -0.4 is 5.32 Å². The van der Waals surface area contributed by atoms with Crippen LogP contribution in [0.1, 0.15) is 37.1 Å². The summed E-state index contributed by atoms with van der Waals surface area (Å²) in [5.41, 5.74) is 0. The smallest absolute Gasteiger partial charge is 0.205 e. The van der Waals surface area contributed by atoms with Crippen molar-refractivity contribution < 1.29 is 0 Å². The van der Waals surface area contributed by atoms with E-state index in [4.69, 9.17) is 0 Å². The highest BCUT2D eigenvalue weighted by Crippen LogP contribution is 2.37. The first-order valence-electron chi connectivity index (χ1n) is 6.61. The van der Waals surface area contributed by atoms with E-state index in [0.717, 1.165) is 28.6 Å². The summed E-state index contributed by atoms with van der Waals surface area (Å²) in [4.78, 5) is 2.64. The van der Waals surface area contributed by atoms with Gasteiger partial charge in [-0.05, 0) is 38.1 Å². The van der Waals surface area contributed by atoms with E-state index in [2.05, 4.69) is 20.4 Å². The standard InChI is InChI=1S/C12H20N4S/c1-13-12-15-14-11(17-12)8-16-7-3-5-9-4-2-6-10(9)16/h9-10H,2-8H2,1H3,(H,13,15). The third-order valence-corrected chi connectivity index (χ3v) is 5.05. The molecule has 2 unspecified atom stereocenters. The van der Waals surface area contributed by atoms with Crippen LogP contribution in [0.3, 0.4) is 0 Å². The van der Waals surface area contributed by atoms with Crippen LogP contribution in [-0.4, -0.2) is 34.7 Å². The summed E-state index contributed by atoms with van der Waals surface area (Å²) >= 11 is 1.69. The second kappa shape index (κ2) is 4.90. The second-order valence-corrected chi connectivity index (χ2v) is 6.18. The molecule has 2 heterocycles. The Balaban J connectivity index is 1.67. The van der Waals surface area contributed by atoms with Gasteiger partial charge in [-0.3, -0.25) is 4.90 Å².